The molecule has 1 aromatic carbocycles. The topological polar surface area (TPSA) is 30.2 Å². The lowest BCUT2D eigenvalue weighted by Crippen LogP contribution is -2.04. The van der Waals surface area contributed by atoms with Gasteiger partial charge in [-0.1, -0.05) is 12.1 Å². The van der Waals surface area contributed by atoms with E-state index in [-0.39, 0.29) is 0 Å². The SMILES string of the molecule is Cc1nc2c(-c3cccc(C(F)(F)F)c3)cccn2n1. The highest BCUT2D eigenvalue weighted by molar-refractivity contribution is 5.77. The average molecular weight is 277 g/mol. The Kier molecular flexibility index (Phi) is 2.74. The molecule has 3 rings (SSSR count). The van der Waals surface area contributed by atoms with Gasteiger partial charge in [-0.2, -0.15) is 18.3 Å². The highest BCUT2D eigenvalue weighted by Crippen LogP contribution is 2.32. The number of rotatable bonds is 1. The summed E-state index contributed by atoms with van der Waals surface area (Å²) in [4.78, 5) is 4.25. The molecule has 3 aromatic rings. The molecule has 0 bridgehead atoms. The van der Waals surface area contributed by atoms with Crippen LogP contribution in [-0.2, 0) is 6.18 Å². The Morgan fingerprint density at radius 1 is 1.10 bits per heavy atom. The molecule has 6 heteroatoms. The maximum absolute atomic E-state index is 12.8. The third kappa shape index (κ3) is 2.13. The predicted octanol–water partition coefficient (Wildman–Crippen LogP) is 3.72. The van der Waals surface area contributed by atoms with E-state index in [0.717, 1.165) is 12.1 Å². The lowest BCUT2D eigenvalue weighted by Gasteiger charge is -2.09. The second kappa shape index (κ2) is 4.33. The molecule has 0 aliphatic rings. The minimum atomic E-state index is -4.36. The monoisotopic (exact) mass is 277 g/mol. The number of hydrogen-bond donors (Lipinski definition) is 0. The zero-order chi connectivity index (χ0) is 14.3. The van der Waals surface area contributed by atoms with Crippen LogP contribution in [0.3, 0.4) is 0 Å². The van der Waals surface area contributed by atoms with Crippen LogP contribution in [0.15, 0.2) is 42.6 Å². The molecule has 0 unspecified atom stereocenters. The Hall–Kier alpha value is -2.37. The standard InChI is InChI=1S/C14H10F3N3/c1-9-18-13-12(6-3-7-20(13)19-9)10-4-2-5-11(8-10)14(15,16)17/h2-8H,1H3. The first-order chi connectivity index (χ1) is 9.45. The van der Waals surface area contributed by atoms with Crippen molar-refractivity contribution < 1.29 is 13.2 Å². The smallest absolute Gasteiger partial charge is 0.220 e. The van der Waals surface area contributed by atoms with Crippen molar-refractivity contribution in [3.63, 3.8) is 0 Å². The molecule has 0 N–H and O–H groups in total. The molecule has 2 heterocycles. The molecule has 0 radical (unpaired) electrons. The molecule has 0 saturated carbocycles. The summed E-state index contributed by atoms with van der Waals surface area (Å²) in [7, 11) is 0. The van der Waals surface area contributed by atoms with Crippen LogP contribution in [0.1, 0.15) is 11.4 Å². The van der Waals surface area contributed by atoms with Gasteiger partial charge in [-0.25, -0.2) is 9.50 Å². The van der Waals surface area contributed by atoms with Gasteiger partial charge >= 0.3 is 6.18 Å². The second-order valence-electron chi connectivity index (χ2n) is 4.43. The molecule has 0 aliphatic heterocycles. The summed E-state index contributed by atoms with van der Waals surface area (Å²) in [5.74, 6) is 0.574. The number of aryl methyl sites for hydroxylation is 1. The number of fused-ring (bicyclic) bond motifs is 1. The van der Waals surface area contributed by atoms with Crippen LogP contribution in [0.2, 0.25) is 0 Å². The van der Waals surface area contributed by atoms with Crippen LogP contribution >= 0.6 is 0 Å². The molecule has 102 valence electrons. The van der Waals surface area contributed by atoms with Crippen LogP contribution in [-0.4, -0.2) is 14.6 Å². The number of benzene rings is 1. The van der Waals surface area contributed by atoms with Crippen molar-refractivity contribution in [1.82, 2.24) is 14.6 Å². The number of aromatic nitrogens is 3. The van der Waals surface area contributed by atoms with Crippen molar-refractivity contribution in [2.75, 3.05) is 0 Å². The van der Waals surface area contributed by atoms with Crippen molar-refractivity contribution in [2.45, 2.75) is 13.1 Å². The summed E-state index contributed by atoms with van der Waals surface area (Å²) in [6.45, 7) is 1.74. The van der Waals surface area contributed by atoms with Crippen LogP contribution in [0, 0.1) is 6.92 Å². The molecule has 20 heavy (non-hydrogen) atoms. The Labute approximate surface area is 112 Å². The third-order valence-electron chi connectivity index (χ3n) is 2.97. The van der Waals surface area contributed by atoms with Crippen LogP contribution in [0.25, 0.3) is 16.8 Å². The van der Waals surface area contributed by atoms with E-state index in [1.54, 1.807) is 35.8 Å². The molecule has 0 spiro atoms. The Morgan fingerprint density at radius 2 is 1.90 bits per heavy atom. The van der Waals surface area contributed by atoms with E-state index in [1.165, 1.54) is 6.07 Å². The lowest BCUT2D eigenvalue weighted by molar-refractivity contribution is -0.137. The molecular weight excluding hydrogens is 267 g/mol. The van der Waals surface area contributed by atoms with Gasteiger partial charge in [0.2, 0.25) is 0 Å². The maximum Gasteiger partial charge on any atom is 0.416 e. The van der Waals surface area contributed by atoms with Crippen LogP contribution in [0.5, 0.6) is 0 Å². The summed E-state index contributed by atoms with van der Waals surface area (Å²) in [5.41, 5.74) is 0.967. The van der Waals surface area contributed by atoms with Crippen molar-refractivity contribution in [2.24, 2.45) is 0 Å². The number of pyridine rings is 1. The van der Waals surface area contributed by atoms with Gasteiger partial charge in [-0.3, -0.25) is 0 Å². The number of hydrogen-bond acceptors (Lipinski definition) is 2. The summed E-state index contributed by atoms with van der Waals surface area (Å²) in [6.07, 6.45) is -2.64. The predicted molar refractivity (Wildman–Crippen MR) is 68.2 cm³/mol. The van der Waals surface area contributed by atoms with Crippen molar-refractivity contribution in [1.29, 1.82) is 0 Å². The minimum absolute atomic E-state index is 0.470. The second-order valence-corrected chi connectivity index (χ2v) is 4.43. The lowest BCUT2D eigenvalue weighted by atomic mass is 10.0. The van der Waals surface area contributed by atoms with E-state index in [1.807, 2.05) is 0 Å². The molecular formula is C14H10F3N3. The Morgan fingerprint density at radius 3 is 2.65 bits per heavy atom. The maximum atomic E-state index is 12.8. The van der Waals surface area contributed by atoms with Gasteiger partial charge in [0.05, 0.1) is 5.56 Å². The molecule has 0 amide bonds. The van der Waals surface area contributed by atoms with Crippen molar-refractivity contribution >= 4 is 5.65 Å². The fraction of sp³-hybridized carbons (Fsp3) is 0.143. The average Bonchev–Trinajstić information content (AvgIpc) is 2.77. The van der Waals surface area contributed by atoms with Gasteiger partial charge < -0.3 is 0 Å². The van der Waals surface area contributed by atoms with E-state index in [2.05, 4.69) is 10.1 Å². The molecule has 0 atom stereocenters. The van der Waals surface area contributed by atoms with E-state index < -0.39 is 11.7 Å². The number of alkyl halides is 3. The largest absolute Gasteiger partial charge is 0.416 e. The van der Waals surface area contributed by atoms with Crippen molar-refractivity contribution in [3.05, 3.63) is 54.0 Å². The zero-order valence-corrected chi connectivity index (χ0v) is 10.5. The van der Waals surface area contributed by atoms with Gasteiger partial charge in [0.25, 0.3) is 0 Å². The first-order valence-electron chi connectivity index (χ1n) is 5.95. The Balaban J connectivity index is 2.21. The van der Waals surface area contributed by atoms with Crippen LogP contribution < -0.4 is 0 Å². The quantitative estimate of drug-likeness (QED) is 0.678. The van der Waals surface area contributed by atoms with Crippen LogP contribution in [0.4, 0.5) is 13.2 Å². The number of halogens is 3. The van der Waals surface area contributed by atoms with E-state index in [4.69, 9.17) is 0 Å². The Bertz CT molecular complexity index is 775. The van der Waals surface area contributed by atoms with Gasteiger partial charge in [-0.15, -0.1) is 0 Å². The van der Waals surface area contributed by atoms with Gasteiger partial charge in [-0.05, 0) is 36.8 Å². The van der Waals surface area contributed by atoms with Gasteiger partial charge in [0.1, 0.15) is 5.82 Å². The van der Waals surface area contributed by atoms with E-state index >= 15 is 0 Å². The van der Waals surface area contributed by atoms with E-state index in [0.29, 0.717) is 22.6 Å². The highest BCUT2D eigenvalue weighted by Gasteiger charge is 2.30. The fourth-order valence-electron chi connectivity index (χ4n) is 2.10. The summed E-state index contributed by atoms with van der Waals surface area (Å²) in [6, 6.07) is 8.67. The summed E-state index contributed by atoms with van der Waals surface area (Å²) < 4.78 is 39.9. The summed E-state index contributed by atoms with van der Waals surface area (Å²) >= 11 is 0. The molecule has 3 nitrogen and oxygen atoms in total. The normalized spacial score (nSPS) is 12.0. The van der Waals surface area contributed by atoms with Gasteiger partial charge in [0.15, 0.2) is 5.65 Å². The molecule has 2 aromatic heterocycles. The number of nitrogens with zero attached hydrogens (tertiary/aromatic N) is 3. The van der Waals surface area contributed by atoms with Crippen molar-refractivity contribution in [3.8, 4) is 11.1 Å². The zero-order valence-electron chi connectivity index (χ0n) is 10.5. The van der Waals surface area contributed by atoms with Gasteiger partial charge in [0, 0.05) is 11.8 Å². The third-order valence-corrected chi connectivity index (χ3v) is 2.97. The van der Waals surface area contributed by atoms with E-state index in [9.17, 15) is 13.2 Å². The first kappa shape index (κ1) is 12.7. The molecule has 0 saturated heterocycles. The molecule has 0 aliphatic carbocycles. The fourth-order valence-corrected chi connectivity index (χ4v) is 2.10. The highest BCUT2D eigenvalue weighted by atomic mass is 19.4. The molecule has 0 fully saturated rings. The first-order valence-corrected chi connectivity index (χ1v) is 5.95. The summed E-state index contributed by atoms with van der Waals surface area (Å²) in [5, 5.41) is 4.15. The minimum Gasteiger partial charge on any atom is -0.220 e.